The molecule has 8 nitrogen and oxygen atoms in total. The van der Waals surface area contributed by atoms with Gasteiger partial charge in [0.1, 0.15) is 34.4 Å². The molecule has 0 fully saturated rings. The normalized spacial score (nSPS) is 13.0. The van der Waals surface area contributed by atoms with Crippen molar-refractivity contribution in [1.29, 1.82) is 0 Å². The minimum Gasteiger partial charge on any atom is -0.434 e. The minimum atomic E-state index is -3.10. The van der Waals surface area contributed by atoms with Crippen molar-refractivity contribution in [3.63, 3.8) is 0 Å². The van der Waals surface area contributed by atoms with E-state index in [0.717, 1.165) is 23.8 Å². The van der Waals surface area contributed by atoms with Crippen molar-refractivity contribution in [2.24, 2.45) is 7.05 Å². The van der Waals surface area contributed by atoms with Crippen LogP contribution in [0.3, 0.4) is 0 Å². The number of fused-ring (bicyclic) bond motifs is 4. The molecule has 1 N–H and O–H groups in total. The maximum absolute atomic E-state index is 15.0. The number of likely N-dealkylation sites (N-methyl/N-ethyl adjacent to an activating group) is 1. The topological polar surface area (TPSA) is 80.9 Å². The number of pyridine rings is 1. The van der Waals surface area contributed by atoms with Crippen molar-refractivity contribution in [1.82, 2.24) is 14.0 Å². The molecule has 1 aliphatic heterocycles. The first-order valence-electron chi connectivity index (χ1n) is 13.9. The van der Waals surface area contributed by atoms with Crippen LogP contribution in [0.2, 0.25) is 0 Å². The van der Waals surface area contributed by atoms with Gasteiger partial charge in [-0.25, -0.2) is 13.8 Å². The Labute approximate surface area is 263 Å². The number of carbonyl (C=O) groups excluding carboxylic acids is 2. The Balaban J connectivity index is 1.53. The van der Waals surface area contributed by atoms with E-state index in [9.17, 15) is 18.4 Å². The van der Waals surface area contributed by atoms with Crippen LogP contribution in [-0.4, -0.2) is 51.2 Å². The van der Waals surface area contributed by atoms with E-state index in [1.807, 2.05) is 18.9 Å². The lowest BCUT2D eigenvalue weighted by Crippen LogP contribution is -2.23. The van der Waals surface area contributed by atoms with Gasteiger partial charge in [-0.05, 0) is 43.2 Å². The van der Waals surface area contributed by atoms with Crippen molar-refractivity contribution in [2.75, 3.05) is 29.1 Å². The first kappa shape index (κ1) is 30.4. The van der Waals surface area contributed by atoms with Crippen molar-refractivity contribution in [3.8, 4) is 16.9 Å². The third-order valence-corrected chi connectivity index (χ3v) is 8.31. The number of hydrogen-bond acceptors (Lipinski definition) is 5. The molecule has 3 aromatic heterocycles. The molecular formula is C32H26BrF4N5O3. The van der Waals surface area contributed by atoms with Gasteiger partial charge < -0.3 is 23.9 Å². The van der Waals surface area contributed by atoms with Crippen molar-refractivity contribution >= 4 is 55.5 Å². The average molecular weight is 684 g/mol. The zero-order chi connectivity index (χ0) is 32.2. The number of nitrogens with one attached hydrogen (secondary N) is 1. The Kier molecular flexibility index (Phi) is 7.89. The molecule has 2 aromatic carbocycles. The lowest BCUT2D eigenvalue weighted by molar-refractivity contribution is -0.112. The molecule has 45 heavy (non-hydrogen) atoms. The van der Waals surface area contributed by atoms with Crippen molar-refractivity contribution in [2.45, 2.75) is 20.0 Å². The monoisotopic (exact) mass is 683 g/mol. The Morgan fingerprint density at radius 3 is 2.58 bits per heavy atom. The lowest BCUT2D eigenvalue weighted by Gasteiger charge is -2.27. The first-order valence-corrected chi connectivity index (χ1v) is 15.0. The fraction of sp³-hybridized carbons (Fsp3) is 0.219. The molecule has 0 unspecified atom stereocenters. The van der Waals surface area contributed by atoms with Gasteiger partial charge in [-0.1, -0.05) is 28.1 Å². The van der Waals surface area contributed by atoms with Crippen LogP contribution in [0.5, 0.6) is 5.75 Å². The summed E-state index contributed by atoms with van der Waals surface area (Å²) in [7, 11) is 3.63. The van der Waals surface area contributed by atoms with Crippen LogP contribution in [0.15, 0.2) is 54.7 Å². The summed E-state index contributed by atoms with van der Waals surface area (Å²) in [5, 5.41) is 2.53. The van der Waals surface area contributed by atoms with E-state index in [4.69, 9.17) is 9.72 Å². The fourth-order valence-corrected chi connectivity index (χ4v) is 6.00. The van der Waals surface area contributed by atoms with Gasteiger partial charge in [0.05, 0.1) is 28.0 Å². The van der Waals surface area contributed by atoms with Crippen LogP contribution in [0, 0.1) is 18.6 Å². The number of allylic oxidation sites excluding steroid dienone is 1. The van der Waals surface area contributed by atoms with E-state index in [2.05, 4.69) is 21.2 Å². The van der Waals surface area contributed by atoms with Crippen LogP contribution in [0.1, 0.15) is 27.4 Å². The lowest BCUT2D eigenvalue weighted by atomic mass is 9.96. The highest BCUT2D eigenvalue weighted by Crippen LogP contribution is 2.47. The van der Waals surface area contributed by atoms with Crippen LogP contribution in [0.4, 0.5) is 28.9 Å². The number of rotatable bonds is 7. The Morgan fingerprint density at radius 1 is 1.16 bits per heavy atom. The minimum absolute atomic E-state index is 0.0508. The van der Waals surface area contributed by atoms with Crippen LogP contribution >= 0.6 is 15.9 Å². The molecule has 1 aliphatic rings. The molecule has 0 spiro atoms. The smallest absolute Gasteiger partial charge is 0.387 e. The van der Waals surface area contributed by atoms with E-state index in [1.54, 1.807) is 40.4 Å². The number of aromatic nitrogens is 3. The molecule has 6 rings (SSSR count). The highest BCUT2D eigenvalue weighted by molar-refractivity contribution is 9.09. The highest BCUT2D eigenvalue weighted by Gasteiger charge is 2.30. The summed E-state index contributed by atoms with van der Waals surface area (Å²) < 4.78 is 66.1. The van der Waals surface area contributed by atoms with E-state index in [-0.39, 0.29) is 17.0 Å². The number of benzene rings is 2. The molecule has 0 aliphatic carbocycles. The largest absolute Gasteiger partial charge is 0.434 e. The number of halogens is 5. The van der Waals surface area contributed by atoms with Gasteiger partial charge in [-0.3, -0.25) is 9.59 Å². The molecule has 1 amide bonds. The Hall–Kier alpha value is -4.65. The number of amides is 1. The molecule has 0 radical (unpaired) electrons. The zero-order valence-electron chi connectivity index (χ0n) is 24.3. The summed E-state index contributed by atoms with van der Waals surface area (Å²) in [6, 6.07) is 8.34. The number of carbonyl (C=O) groups is 2. The summed E-state index contributed by atoms with van der Waals surface area (Å²) in [6.07, 6.45) is 4.68. The number of imidazole rings is 1. The average Bonchev–Trinajstić information content (AvgIpc) is 3.51. The maximum Gasteiger partial charge on any atom is 0.387 e. The second-order valence-electron chi connectivity index (χ2n) is 10.6. The van der Waals surface area contributed by atoms with Gasteiger partial charge >= 0.3 is 6.61 Å². The van der Waals surface area contributed by atoms with Gasteiger partial charge in [0.2, 0.25) is 11.7 Å². The van der Waals surface area contributed by atoms with Gasteiger partial charge in [-0.2, -0.15) is 8.78 Å². The number of ketones is 1. The summed E-state index contributed by atoms with van der Waals surface area (Å²) in [6.45, 7) is -0.836. The molecule has 0 saturated carbocycles. The number of aryl methyl sites for hydroxylation is 2. The highest BCUT2D eigenvalue weighted by atomic mass is 79.9. The van der Waals surface area contributed by atoms with Gasteiger partial charge in [0.15, 0.2) is 0 Å². The molecular weight excluding hydrogens is 658 g/mol. The van der Waals surface area contributed by atoms with E-state index in [0.29, 0.717) is 57.5 Å². The van der Waals surface area contributed by atoms with Crippen molar-refractivity contribution in [3.05, 3.63) is 89.0 Å². The second-order valence-corrected chi connectivity index (χ2v) is 11.3. The number of alkyl halides is 3. The van der Waals surface area contributed by atoms with Gasteiger partial charge in [-0.15, -0.1) is 0 Å². The number of ether oxygens (including phenoxy) is 1. The molecule has 232 valence electrons. The van der Waals surface area contributed by atoms with E-state index >= 15 is 8.78 Å². The van der Waals surface area contributed by atoms with Crippen LogP contribution in [0.25, 0.3) is 27.7 Å². The summed E-state index contributed by atoms with van der Waals surface area (Å²) in [5.41, 5.74) is 3.24. The number of hydrogen-bond donors (Lipinski definition) is 1. The zero-order valence-corrected chi connectivity index (χ0v) is 25.9. The molecule has 0 bridgehead atoms. The number of anilines is 2. The quantitative estimate of drug-likeness (QED) is 0.0884. The second kappa shape index (κ2) is 11.7. The van der Waals surface area contributed by atoms with Crippen LogP contribution in [-0.2, 0) is 18.3 Å². The van der Waals surface area contributed by atoms with Gasteiger partial charge in [0.25, 0.3) is 0 Å². The maximum atomic E-state index is 15.0. The SMILES string of the molecule is Cc1nc2c3c(c(OC(F)F)cc2n1C)-c1cccn2c(C(=O)c4cc(F)c(NC(=O)/C=C/CBr)c(F)c4)cc(c12)CCN3C. The Morgan fingerprint density at radius 2 is 1.89 bits per heavy atom. The Bertz CT molecular complexity index is 2030. The van der Waals surface area contributed by atoms with Gasteiger partial charge in [0, 0.05) is 55.4 Å². The third kappa shape index (κ3) is 5.24. The third-order valence-electron chi connectivity index (χ3n) is 7.93. The summed E-state index contributed by atoms with van der Waals surface area (Å²) in [5.74, 6) is -2.99. The van der Waals surface area contributed by atoms with Crippen molar-refractivity contribution < 1.29 is 31.9 Å². The molecule has 0 atom stereocenters. The van der Waals surface area contributed by atoms with E-state index < -0.39 is 35.6 Å². The molecule has 0 saturated heterocycles. The predicted molar refractivity (Wildman–Crippen MR) is 167 cm³/mol. The predicted octanol–water partition coefficient (Wildman–Crippen LogP) is 6.79. The molecule has 13 heteroatoms. The summed E-state index contributed by atoms with van der Waals surface area (Å²) >= 11 is 3.12. The van der Waals surface area contributed by atoms with Crippen LogP contribution < -0.4 is 15.0 Å². The fourth-order valence-electron chi connectivity index (χ4n) is 5.81. The standard InChI is InChI=1S/C32H26BrF4N5O3/c1-16-38-28-22(41(16)3)15-24(45-32(36)37)26-19-6-5-10-42-23(14-17(29(19)42)8-11-40(2)30(26)28)31(44)18-12-20(34)27(21(35)13-18)39-25(43)7-4-9-33/h4-7,10,12-15,32H,8-9,11H2,1-3H3,(H,39,43)/b7-4+. The number of nitrogens with zero attached hydrogens (tertiary/aromatic N) is 4. The van der Waals surface area contributed by atoms with E-state index in [1.165, 1.54) is 12.1 Å². The molecule has 5 aromatic rings. The summed E-state index contributed by atoms with van der Waals surface area (Å²) in [4.78, 5) is 32.5. The first-order chi connectivity index (χ1) is 21.5. The molecule has 4 heterocycles.